The molecule has 0 aliphatic heterocycles. The van der Waals surface area contributed by atoms with Crippen molar-refractivity contribution in [3.8, 4) is 0 Å². The molecule has 8 nitrogen and oxygen atoms in total. The van der Waals surface area contributed by atoms with Crippen LogP contribution in [0.1, 0.15) is 143 Å². The number of esters is 2. The van der Waals surface area contributed by atoms with Gasteiger partial charge in [-0.05, 0) is 33.1 Å². The van der Waals surface area contributed by atoms with Crippen molar-refractivity contribution in [1.82, 2.24) is 0 Å². The van der Waals surface area contributed by atoms with E-state index in [1.165, 1.54) is 59.2 Å². The van der Waals surface area contributed by atoms with Crippen LogP contribution in [0.25, 0.3) is 0 Å². The first-order chi connectivity index (χ1) is 18.0. The van der Waals surface area contributed by atoms with Gasteiger partial charge in [-0.2, -0.15) is 0 Å². The lowest BCUT2D eigenvalue weighted by atomic mass is 9.87. The Morgan fingerprint density at radius 1 is 0.632 bits per heavy atom. The van der Waals surface area contributed by atoms with Crippen LogP contribution >= 0.6 is 0 Å². The van der Waals surface area contributed by atoms with E-state index in [1.54, 1.807) is 13.8 Å². The highest BCUT2D eigenvalue weighted by Gasteiger charge is 2.28. The molecule has 0 saturated heterocycles. The van der Waals surface area contributed by atoms with Crippen LogP contribution in [0.15, 0.2) is 0 Å². The van der Waals surface area contributed by atoms with Crippen LogP contribution in [-0.2, 0) is 28.7 Å². The van der Waals surface area contributed by atoms with E-state index in [0.717, 1.165) is 64.2 Å². The molecule has 8 heteroatoms. The van der Waals surface area contributed by atoms with Crippen molar-refractivity contribution < 1.29 is 38.9 Å². The fourth-order valence-corrected chi connectivity index (χ4v) is 4.11. The first-order valence-electron chi connectivity index (χ1n) is 14.6. The molecule has 0 amide bonds. The van der Waals surface area contributed by atoms with E-state index in [4.69, 9.17) is 10.2 Å². The van der Waals surface area contributed by atoms with Gasteiger partial charge in [0.15, 0.2) is 5.92 Å². The third kappa shape index (κ3) is 23.0. The van der Waals surface area contributed by atoms with Gasteiger partial charge in [-0.25, -0.2) is 0 Å². The molecule has 0 fully saturated rings. The summed E-state index contributed by atoms with van der Waals surface area (Å²) in [6, 6.07) is 0. The number of carbonyl (C=O) groups excluding carboxylic acids is 2. The third-order valence-electron chi connectivity index (χ3n) is 6.84. The smallest absolute Gasteiger partial charge is 0.320 e. The topological polar surface area (TPSA) is 127 Å². The van der Waals surface area contributed by atoms with Gasteiger partial charge in [0.2, 0.25) is 0 Å². The Morgan fingerprint density at radius 3 is 1.42 bits per heavy atom. The summed E-state index contributed by atoms with van der Waals surface area (Å²) in [6.45, 7) is 5.75. The van der Waals surface area contributed by atoms with E-state index in [9.17, 15) is 19.2 Å². The number of carbonyl (C=O) groups is 4. The van der Waals surface area contributed by atoms with Crippen LogP contribution in [0.5, 0.6) is 0 Å². The van der Waals surface area contributed by atoms with Crippen LogP contribution in [0.3, 0.4) is 0 Å². The molecule has 0 aromatic rings. The van der Waals surface area contributed by atoms with Crippen molar-refractivity contribution in [2.75, 3.05) is 14.2 Å². The van der Waals surface area contributed by atoms with Crippen LogP contribution in [-0.4, -0.2) is 48.3 Å². The van der Waals surface area contributed by atoms with Gasteiger partial charge in [0.1, 0.15) is 0 Å². The molecule has 0 aromatic heterocycles. The number of unbranched alkanes of at least 4 members (excludes halogenated alkanes) is 14. The van der Waals surface area contributed by atoms with Crippen molar-refractivity contribution in [2.24, 2.45) is 11.3 Å². The van der Waals surface area contributed by atoms with Gasteiger partial charge >= 0.3 is 23.9 Å². The second-order valence-corrected chi connectivity index (χ2v) is 10.8. The minimum absolute atomic E-state index is 0.271. The summed E-state index contributed by atoms with van der Waals surface area (Å²) < 4.78 is 9.26. The fourth-order valence-electron chi connectivity index (χ4n) is 4.11. The Morgan fingerprint density at radius 2 is 1.03 bits per heavy atom. The maximum Gasteiger partial charge on any atom is 0.320 e. The lowest BCUT2D eigenvalue weighted by molar-refractivity contribution is -0.159. The van der Waals surface area contributed by atoms with E-state index in [2.05, 4.69) is 16.4 Å². The number of carboxylic acid groups (broad SMARTS) is 2. The molecule has 224 valence electrons. The van der Waals surface area contributed by atoms with Crippen molar-refractivity contribution in [2.45, 2.75) is 143 Å². The summed E-state index contributed by atoms with van der Waals surface area (Å²) in [7, 11) is 2.60. The second-order valence-electron chi connectivity index (χ2n) is 10.8. The fraction of sp³-hybridized carbons (Fsp3) is 0.867. The molecule has 38 heavy (non-hydrogen) atoms. The molecule has 0 aromatic carbocycles. The molecule has 0 rings (SSSR count). The zero-order valence-electron chi connectivity index (χ0n) is 24.9. The number of methoxy groups -OCH3 is 2. The van der Waals surface area contributed by atoms with E-state index >= 15 is 0 Å². The molecular weight excluding hydrogens is 488 g/mol. The second kappa shape index (κ2) is 25.2. The molecule has 0 heterocycles. The van der Waals surface area contributed by atoms with E-state index < -0.39 is 35.2 Å². The maximum absolute atomic E-state index is 11.5. The maximum atomic E-state index is 11.5. The molecule has 0 aliphatic rings. The number of carboxylic acids is 2. The lowest BCUT2D eigenvalue weighted by Gasteiger charge is -2.18. The summed E-state index contributed by atoms with van der Waals surface area (Å²) in [5.41, 5.74) is -0.610. The monoisotopic (exact) mass is 544 g/mol. The first-order valence-corrected chi connectivity index (χ1v) is 14.6. The van der Waals surface area contributed by atoms with Gasteiger partial charge in [0, 0.05) is 6.42 Å². The molecule has 0 spiro atoms. The Labute approximate surface area is 231 Å². The van der Waals surface area contributed by atoms with Gasteiger partial charge in [-0.3, -0.25) is 19.2 Å². The van der Waals surface area contributed by atoms with Crippen LogP contribution in [0.4, 0.5) is 0 Å². The Hall–Kier alpha value is -2.12. The van der Waals surface area contributed by atoms with Gasteiger partial charge in [0.05, 0.1) is 19.6 Å². The van der Waals surface area contributed by atoms with Crippen molar-refractivity contribution in [3.05, 3.63) is 0 Å². The molecule has 0 bridgehead atoms. The van der Waals surface area contributed by atoms with E-state index in [-0.39, 0.29) is 6.42 Å². The van der Waals surface area contributed by atoms with E-state index in [0.29, 0.717) is 6.42 Å². The largest absolute Gasteiger partial charge is 0.481 e. The SMILES string of the molecule is CC(C)(CCCCCCCCCC(=O)O)C(=O)O.CCCCCCCCCCCC(C(=O)OC)C(=O)OC. The lowest BCUT2D eigenvalue weighted by Crippen LogP contribution is -2.26. The van der Waals surface area contributed by atoms with Gasteiger partial charge < -0.3 is 19.7 Å². The predicted molar refractivity (Wildman–Crippen MR) is 150 cm³/mol. The standard InChI is InChI=1S/C16H30O4.C14H26O4/c1-4-5-6-7-8-9-10-11-12-13-14(15(17)19-2)16(18)20-3;1-14(2,13(17)18)11-9-7-5-3-4-6-8-10-12(15)16/h14H,4-13H2,1-3H3;3-11H2,1-2H3,(H,15,16)(H,17,18). The van der Waals surface area contributed by atoms with Crippen LogP contribution in [0, 0.1) is 11.3 Å². The van der Waals surface area contributed by atoms with Crippen molar-refractivity contribution in [3.63, 3.8) is 0 Å². The molecule has 0 saturated carbocycles. The number of rotatable bonds is 23. The minimum atomic E-state index is -0.755. The highest BCUT2D eigenvalue weighted by molar-refractivity contribution is 5.94. The quantitative estimate of drug-likeness (QED) is 0.0766. The summed E-state index contributed by atoms with van der Waals surface area (Å²) in [5.74, 6) is -3.18. The van der Waals surface area contributed by atoms with E-state index in [1.807, 2.05) is 0 Å². The number of hydrogen-bond donors (Lipinski definition) is 2. The predicted octanol–water partition coefficient (Wildman–Crippen LogP) is 7.56. The molecular formula is C30H56O8. The zero-order valence-corrected chi connectivity index (χ0v) is 24.9. The average molecular weight is 545 g/mol. The van der Waals surface area contributed by atoms with Gasteiger partial charge in [-0.1, -0.05) is 103 Å². The Balaban J connectivity index is 0. The number of hydrogen-bond acceptors (Lipinski definition) is 6. The highest BCUT2D eigenvalue weighted by atomic mass is 16.5. The van der Waals surface area contributed by atoms with Crippen LogP contribution in [0.2, 0.25) is 0 Å². The van der Waals surface area contributed by atoms with Crippen LogP contribution < -0.4 is 0 Å². The Bertz CT molecular complexity index is 614. The van der Waals surface area contributed by atoms with Crippen molar-refractivity contribution in [1.29, 1.82) is 0 Å². The molecule has 0 unspecified atom stereocenters. The summed E-state index contributed by atoms with van der Waals surface area (Å²) in [5, 5.41) is 17.4. The Kier molecular flexibility index (Phi) is 25.2. The normalized spacial score (nSPS) is 11.0. The molecule has 0 radical (unpaired) electrons. The molecule has 0 aliphatic carbocycles. The average Bonchev–Trinajstić information content (AvgIpc) is 2.88. The summed E-state index contributed by atoms with van der Waals surface area (Å²) in [4.78, 5) is 44.1. The summed E-state index contributed by atoms with van der Waals surface area (Å²) in [6.07, 6.45) is 19.5. The zero-order chi connectivity index (χ0) is 29.2. The number of ether oxygens (including phenoxy) is 2. The minimum Gasteiger partial charge on any atom is -0.481 e. The third-order valence-corrected chi connectivity index (χ3v) is 6.84. The first kappa shape index (κ1) is 38.0. The highest BCUT2D eigenvalue weighted by Crippen LogP contribution is 2.24. The number of aliphatic carboxylic acids is 2. The van der Waals surface area contributed by atoms with Crippen molar-refractivity contribution >= 4 is 23.9 Å². The molecule has 0 atom stereocenters. The molecule has 2 N–H and O–H groups in total. The van der Waals surface area contributed by atoms with Gasteiger partial charge in [-0.15, -0.1) is 0 Å². The van der Waals surface area contributed by atoms with Gasteiger partial charge in [0.25, 0.3) is 0 Å². The summed E-state index contributed by atoms with van der Waals surface area (Å²) >= 11 is 0.